The van der Waals surface area contributed by atoms with Crippen molar-refractivity contribution in [3.05, 3.63) is 103 Å². The van der Waals surface area contributed by atoms with Crippen LogP contribution < -0.4 is 14.8 Å². The Bertz CT molecular complexity index is 1540. The fourth-order valence-electron chi connectivity index (χ4n) is 9.36. The van der Waals surface area contributed by atoms with Crippen molar-refractivity contribution in [2.24, 2.45) is 23.7 Å². The van der Waals surface area contributed by atoms with E-state index in [-0.39, 0.29) is 50.0 Å². The molecule has 0 bridgehead atoms. The molecule has 51 heavy (non-hydrogen) atoms. The Kier molecular flexibility index (Phi) is 12.2. The third kappa shape index (κ3) is 8.52. The van der Waals surface area contributed by atoms with E-state index in [1.807, 2.05) is 13.8 Å². The third-order valence-corrected chi connectivity index (χ3v) is 19.7. The molecular formula is C44H60O5SeSi. The Hall–Kier alpha value is -2.06. The Morgan fingerprint density at radius 1 is 0.784 bits per heavy atom. The molecule has 2 N–H and O–H groups in total. The van der Waals surface area contributed by atoms with E-state index in [0.717, 1.165) is 31.3 Å². The van der Waals surface area contributed by atoms with E-state index in [2.05, 4.69) is 132 Å². The van der Waals surface area contributed by atoms with Crippen molar-refractivity contribution >= 4 is 38.1 Å². The molecule has 9 atom stereocenters. The fourth-order valence-corrected chi connectivity index (χ4v) is 16.6. The number of hydrogen-bond donors (Lipinski definition) is 2. The van der Waals surface area contributed by atoms with Crippen LogP contribution in [-0.2, 0) is 13.9 Å². The van der Waals surface area contributed by atoms with Crippen LogP contribution in [0.3, 0.4) is 0 Å². The minimum absolute atomic E-state index is 0.00229. The predicted octanol–water partition coefficient (Wildman–Crippen LogP) is 7.03. The molecule has 3 aromatic rings. The number of allylic oxidation sites excluding steroid dienone is 1. The van der Waals surface area contributed by atoms with Crippen LogP contribution in [0.2, 0.25) is 9.85 Å². The van der Waals surface area contributed by atoms with Crippen molar-refractivity contribution in [1.82, 2.24) is 0 Å². The predicted molar refractivity (Wildman–Crippen MR) is 211 cm³/mol. The monoisotopic (exact) mass is 776 g/mol. The van der Waals surface area contributed by atoms with Crippen LogP contribution in [0.5, 0.6) is 0 Å². The van der Waals surface area contributed by atoms with E-state index in [1.165, 1.54) is 14.8 Å². The van der Waals surface area contributed by atoms with Gasteiger partial charge in [-0.2, -0.15) is 0 Å². The van der Waals surface area contributed by atoms with Crippen LogP contribution in [-0.4, -0.2) is 70.3 Å². The summed E-state index contributed by atoms with van der Waals surface area (Å²) in [5, 5.41) is 25.4. The third-order valence-electron chi connectivity index (χ3n) is 11.7. The number of aliphatic hydroxyl groups excluding tert-OH is 2. The maximum atomic E-state index is 11.5. The van der Waals surface area contributed by atoms with Gasteiger partial charge in [-0.3, -0.25) is 0 Å². The molecule has 2 fully saturated rings. The molecule has 0 spiro atoms. The molecule has 0 radical (unpaired) electrons. The average Bonchev–Trinajstić information content (AvgIpc) is 3.09. The fraction of sp³-hybridized carbons (Fsp3) is 0.545. The molecule has 2 aliphatic carbocycles. The van der Waals surface area contributed by atoms with Gasteiger partial charge in [-0.1, -0.05) is 81.4 Å². The molecule has 0 amide bonds. The molecule has 6 rings (SSSR count). The SMILES string of the molecule is C[C@@H]1C[C@H](O)[C@H]2C(=CC([Se]c3ccccc3)[C@H](C)[C@@H]2CC[C@@H]2C[C@H](CCO[Si](c3ccccc3)(c3ccccc3)C(C)(C)C)OC(C)(C)O2)[C@@H]1O. The zero-order valence-electron chi connectivity index (χ0n) is 31.7. The summed E-state index contributed by atoms with van der Waals surface area (Å²) in [5.74, 6) is 0.0516. The average molecular weight is 776 g/mol. The molecule has 1 unspecified atom stereocenters. The van der Waals surface area contributed by atoms with Crippen LogP contribution >= 0.6 is 0 Å². The minimum atomic E-state index is -2.64. The number of benzene rings is 3. The summed E-state index contributed by atoms with van der Waals surface area (Å²) in [6, 6.07) is 32.5. The Morgan fingerprint density at radius 2 is 1.33 bits per heavy atom. The summed E-state index contributed by atoms with van der Waals surface area (Å²) in [6.07, 6.45) is 5.65. The van der Waals surface area contributed by atoms with E-state index in [4.69, 9.17) is 13.9 Å². The molecule has 5 nitrogen and oxygen atoms in total. The van der Waals surface area contributed by atoms with E-state index in [9.17, 15) is 10.2 Å². The van der Waals surface area contributed by atoms with Gasteiger partial charge in [0.1, 0.15) is 0 Å². The van der Waals surface area contributed by atoms with Crippen molar-refractivity contribution in [3.63, 3.8) is 0 Å². The number of fused-ring (bicyclic) bond motifs is 1. The Morgan fingerprint density at radius 3 is 1.90 bits per heavy atom. The van der Waals surface area contributed by atoms with Crippen LogP contribution in [0, 0.1) is 23.7 Å². The van der Waals surface area contributed by atoms with Crippen LogP contribution in [0.25, 0.3) is 0 Å². The first-order chi connectivity index (χ1) is 24.3. The van der Waals surface area contributed by atoms with Gasteiger partial charge in [-0.25, -0.2) is 0 Å². The Labute approximate surface area is 314 Å². The van der Waals surface area contributed by atoms with Gasteiger partial charge in [-0.15, -0.1) is 0 Å². The van der Waals surface area contributed by atoms with E-state index in [0.29, 0.717) is 23.8 Å². The molecule has 1 aliphatic heterocycles. The standard InChI is InChI=1S/C44H60O5SeSi/c1-30-27-39(45)41-37(31(2)40(29-38(41)42(30)46)50-34-17-11-8-12-18-34)24-23-32-28-33(49-44(6,7)48-32)25-26-47-51(43(3,4)5,35-19-13-9-14-20-35)36-21-15-10-16-22-36/h8-22,29-33,37,39-42,45-46H,23-28H2,1-7H3/t30-,31-,32-,33+,37+,39+,40?,41-,42-/m1/s1. The molecule has 3 aromatic carbocycles. The van der Waals surface area contributed by atoms with Crippen molar-refractivity contribution in [2.45, 2.75) is 121 Å². The van der Waals surface area contributed by atoms with Crippen molar-refractivity contribution < 1.29 is 24.1 Å². The number of hydrogen-bond acceptors (Lipinski definition) is 5. The topological polar surface area (TPSA) is 68.2 Å². The van der Waals surface area contributed by atoms with Crippen LogP contribution in [0.15, 0.2) is 103 Å². The number of rotatable bonds is 11. The van der Waals surface area contributed by atoms with Gasteiger partial charge < -0.3 is 0 Å². The van der Waals surface area contributed by atoms with Gasteiger partial charge >= 0.3 is 219 Å². The van der Waals surface area contributed by atoms with Gasteiger partial charge in [0.25, 0.3) is 0 Å². The summed E-state index contributed by atoms with van der Waals surface area (Å²) in [6.45, 7) is 16.1. The van der Waals surface area contributed by atoms with Crippen LogP contribution in [0.1, 0.15) is 80.6 Å². The normalized spacial score (nSPS) is 31.1. The molecule has 1 heterocycles. The second kappa shape index (κ2) is 16.1. The summed E-state index contributed by atoms with van der Waals surface area (Å²) in [7, 11) is -2.64. The second-order valence-corrected chi connectivity index (χ2v) is 23.8. The van der Waals surface area contributed by atoms with E-state index < -0.39 is 26.3 Å². The van der Waals surface area contributed by atoms with Gasteiger partial charge in [0, 0.05) is 0 Å². The summed E-state index contributed by atoms with van der Waals surface area (Å²) < 4.78 is 21.8. The molecule has 276 valence electrons. The zero-order valence-corrected chi connectivity index (χ0v) is 34.4. The van der Waals surface area contributed by atoms with Gasteiger partial charge in [0.2, 0.25) is 0 Å². The molecule has 0 aromatic heterocycles. The Balaban J connectivity index is 1.17. The molecule has 7 heteroatoms. The first-order valence-corrected chi connectivity index (χ1v) is 22.9. The van der Waals surface area contributed by atoms with Crippen molar-refractivity contribution in [2.75, 3.05) is 6.61 Å². The summed E-state index contributed by atoms with van der Waals surface area (Å²) >= 11 is 0.246. The number of ether oxygens (including phenoxy) is 2. The van der Waals surface area contributed by atoms with Gasteiger partial charge in [0.15, 0.2) is 0 Å². The van der Waals surface area contributed by atoms with Gasteiger partial charge in [-0.05, 0) is 15.4 Å². The zero-order chi connectivity index (χ0) is 36.4. The quantitative estimate of drug-likeness (QED) is 0.162. The molecular weight excluding hydrogens is 716 g/mol. The summed E-state index contributed by atoms with van der Waals surface area (Å²) in [5.41, 5.74) is 1.08. The maximum absolute atomic E-state index is 11.5. The van der Waals surface area contributed by atoms with Crippen molar-refractivity contribution in [1.29, 1.82) is 0 Å². The summed E-state index contributed by atoms with van der Waals surface area (Å²) in [4.78, 5) is 0.377. The van der Waals surface area contributed by atoms with Crippen molar-refractivity contribution in [3.8, 4) is 0 Å². The first kappa shape index (κ1) is 38.7. The van der Waals surface area contributed by atoms with Crippen LogP contribution in [0.4, 0.5) is 0 Å². The van der Waals surface area contributed by atoms with E-state index in [1.54, 1.807) is 0 Å². The molecule has 3 aliphatic rings. The first-order valence-electron chi connectivity index (χ1n) is 19.2. The molecule has 1 saturated heterocycles. The van der Waals surface area contributed by atoms with Gasteiger partial charge in [0.05, 0.1) is 0 Å². The number of aliphatic hydroxyl groups is 2. The molecule has 1 saturated carbocycles. The second-order valence-electron chi connectivity index (χ2n) is 16.8. The van der Waals surface area contributed by atoms with E-state index >= 15 is 0 Å².